The SMILES string of the molecule is O=C1CCCN1Oc1cccc(F)c1NCC1=Cc2ccccc2CC1. The molecule has 1 amide bonds. The fourth-order valence-electron chi connectivity index (χ4n) is 3.42. The Morgan fingerprint density at radius 1 is 1.08 bits per heavy atom. The third-order valence-corrected chi connectivity index (χ3v) is 4.84. The Balaban J connectivity index is 1.50. The van der Waals surface area contributed by atoms with Gasteiger partial charge in [-0.3, -0.25) is 4.79 Å². The molecule has 0 atom stereocenters. The first-order chi connectivity index (χ1) is 12.7. The number of amides is 1. The molecular weight excluding hydrogens is 331 g/mol. The van der Waals surface area contributed by atoms with Crippen LogP contribution in [0, 0.1) is 5.82 Å². The highest BCUT2D eigenvalue weighted by molar-refractivity contribution is 5.77. The minimum atomic E-state index is -0.383. The summed E-state index contributed by atoms with van der Waals surface area (Å²) in [6.45, 7) is 1.08. The Bertz CT molecular complexity index is 863. The molecule has 1 aliphatic carbocycles. The fraction of sp³-hybridized carbons (Fsp3) is 0.286. The number of hydrogen-bond donors (Lipinski definition) is 1. The van der Waals surface area contributed by atoms with E-state index in [0.717, 1.165) is 19.3 Å². The van der Waals surface area contributed by atoms with Gasteiger partial charge in [-0.1, -0.05) is 42.0 Å². The lowest BCUT2D eigenvalue weighted by Gasteiger charge is -2.21. The number of carbonyl (C=O) groups is 1. The molecule has 134 valence electrons. The summed E-state index contributed by atoms with van der Waals surface area (Å²) >= 11 is 0. The number of rotatable bonds is 5. The van der Waals surface area contributed by atoms with Gasteiger partial charge in [-0.05, 0) is 42.5 Å². The number of halogens is 1. The molecule has 0 aromatic heterocycles. The van der Waals surface area contributed by atoms with E-state index >= 15 is 0 Å². The van der Waals surface area contributed by atoms with Crippen LogP contribution in [0.15, 0.2) is 48.0 Å². The van der Waals surface area contributed by atoms with E-state index in [2.05, 4.69) is 29.6 Å². The first kappa shape index (κ1) is 16.6. The van der Waals surface area contributed by atoms with Crippen molar-refractivity contribution >= 4 is 17.7 Å². The van der Waals surface area contributed by atoms with E-state index in [9.17, 15) is 9.18 Å². The second-order valence-electron chi connectivity index (χ2n) is 6.66. The molecule has 0 unspecified atom stereocenters. The smallest absolute Gasteiger partial charge is 0.255 e. The van der Waals surface area contributed by atoms with Crippen LogP contribution >= 0.6 is 0 Å². The highest BCUT2D eigenvalue weighted by Crippen LogP contribution is 2.30. The Kier molecular flexibility index (Phi) is 4.61. The molecule has 0 saturated carbocycles. The number of fused-ring (bicyclic) bond motifs is 1. The molecule has 1 aliphatic heterocycles. The number of nitrogens with one attached hydrogen (secondary N) is 1. The zero-order valence-corrected chi connectivity index (χ0v) is 14.5. The Morgan fingerprint density at radius 2 is 1.96 bits per heavy atom. The molecule has 2 aromatic carbocycles. The molecule has 2 aromatic rings. The second-order valence-corrected chi connectivity index (χ2v) is 6.66. The van der Waals surface area contributed by atoms with Gasteiger partial charge < -0.3 is 10.2 Å². The van der Waals surface area contributed by atoms with E-state index < -0.39 is 0 Å². The number of aryl methyl sites for hydroxylation is 1. The van der Waals surface area contributed by atoms with Gasteiger partial charge in [0.1, 0.15) is 11.5 Å². The number of para-hydroxylation sites is 1. The maximum Gasteiger partial charge on any atom is 0.255 e. The molecule has 1 saturated heterocycles. The standard InChI is InChI=1S/C21H21FN2O2/c22-18-7-3-8-19(26-24-12-4-9-20(24)25)21(18)23-14-15-10-11-16-5-1-2-6-17(16)13-15/h1-3,5-8,13,23H,4,9-12,14H2. The van der Waals surface area contributed by atoms with E-state index in [4.69, 9.17) is 4.84 Å². The predicted octanol–water partition coefficient (Wildman–Crippen LogP) is 4.18. The highest BCUT2D eigenvalue weighted by Gasteiger charge is 2.24. The molecule has 0 bridgehead atoms. The van der Waals surface area contributed by atoms with Crippen LogP contribution in [0.3, 0.4) is 0 Å². The van der Waals surface area contributed by atoms with Crippen LogP contribution in [-0.2, 0) is 11.2 Å². The maximum atomic E-state index is 14.3. The van der Waals surface area contributed by atoms with E-state index in [0.29, 0.717) is 30.9 Å². The Morgan fingerprint density at radius 3 is 2.81 bits per heavy atom. The van der Waals surface area contributed by atoms with Crippen molar-refractivity contribution in [1.29, 1.82) is 0 Å². The van der Waals surface area contributed by atoms with Crippen LogP contribution in [0.25, 0.3) is 6.08 Å². The van der Waals surface area contributed by atoms with Crippen LogP contribution in [0.4, 0.5) is 10.1 Å². The summed E-state index contributed by atoms with van der Waals surface area (Å²) in [5, 5.41) is 4.48. The monoisotopic (exact) mass is 352 g/mol. The normalized spacial score (nSPS) is 16.3. The fourth-order valence-corrected chi connectivity index (χ4v) is 3.42. The number of nitrogens with zero attached hydrogens (tertiary/aromatic N) is 1. The predicted molar refractivity (Wildman–Crippen MR) is 99.2 cm³/mol. The molecule has 0 spiro atoms. The van der Waals surface area contributed by atoms with Crippen molar-refractivity contribution in [1.82, 2.24) is 5.06 Å². The van der Waals surface area contributed by atoms with Crippen LogP contribution in [-0.4, -0.2) is 24.1 Å². The van der Waals surface area contributed by atoms with Crippen molar-refractivity contribution in [3.8, 4) is 5.75 Å². The van der Waals surface area contributed by atoms with Gasteiger partial charge in [0.05, 0.1) is 6.54 Å². The summed E-state index contributed by atoms with van der Waals surface area (Å²) in [7, 11) is 0. The maximum absolute atomic E-state index is 14.3. The molecule has 4 rings (SSSR count). The summed E-state index contributed by atoms with van der Waals surface area (Å²) < 4.78 is 14.3. The zero-order chi connectivity index (χ0) is 17.9. The van der Waals surface area contributed by atoms with E-state index in [1.165, 1.54) is 27.8 Å². The van der Waals surface area contributed by atoms with Gasteiger partial charge in [0, 0.05) is 13.0 Å². The topological polar surface area (TPSA) is 41.6 Å². The molecule has 26 heavy (non-hydrogen) atoms. The molecule has 1 N–H and O–H groups in total. The second kappa shape index (κ2) is 7.20. The Hall–Kier alpha value is -2.82. The zero-order valence-electron chi connectivity index (χ0n) is 14.5. The van der Waals surface area contributed by atoms with E-state index in [-0.39, 0.29) is 11.7 Å². The van der Waals surface area contributed by atoms with Gasteiger partial charge in [-0.15, -0.1) is 0 Å². The average molecular weight is 352 g/mol. The lowest BCUT2D eigenvalue weighted by Crippen LogP contribution is -2.28. The third kappa shape index (κ3) is 3.43. The van der Waals surface area contributed by atoms with Crippen LogP contribution in [0.2, 0.25) is 0 Å². The summed E-state index contributed by atoms with van der Waals surface area (Å²) in [4.78, 5) is 17.4. The van der Waals surface area contributed by atoms with Crippen molar-refractivity contribution < 1.29 is 14.0 Å². The number of hydroxylamine groups is 2. The van der Waals surface area contributed by atoms with Gasteiger partial charge in [-0.25, -0.2) is 4.39 Å². The summed E-state index contributed by atoms with van der Waals surface area (Å²) in [5.41, 5.74) is 4.09. The third-order valence-electron chi connectivity index (χ3n) is 4.84. The molecular formula is C21H21FN2O2. The number of benzene rings is 2. The summed E-state index contributed by atoms with van der Waals surface area (Å²) in [6.07, 6.45) is 5.34. The van der Waals surface area contributed by atoms with E-state index in [1.807, 2.05) is 6.07 Å². The van der Waals surface area contributed by atoms with Crippen molar-refractivity contribution in [2.75, 3.05) is 18.4 Å². The molecule has 5 heteroatoms. The van der Waals surface area contributed by atoms with Crippen molar-refractivity contribution in [3.63, 3.8) is 0 Å². The number of hydrogen-bond acceptors (Lipinski definition) is 3. The molecule has 4 nitrogen and oxygen atoms in total. The van der Waals surface area contributed by atoms with Crippen molar-refractivity contribution in [2.24, 2.45) is 0 Å². The molecule has 0 radical (unpaired) electrons. The quantitative estimate of drug-likeness (QED) is 0.878. The summed E-state index contributed by atoms with van der Waals surface area (Å²) in [6, 6.07) is 13.0. The average Bonchev–Trinajstić information content (AvgIpc) is 3.06. The van der Waals surface area contributed by atoms with Gasteiger partial charge in [0.15, 0.2) is 5.75 Å². The van der Waals surface area contributed by atoms with Crippen molar-refractivity contribution in [2.45, 2.75) is 25.7 Å². The minimum Gasteiger partial charge on any atom is -0.376 e. The largest absolute Gasteiger partial charge is 0.376 e. The van der Waals surface area contributed by atoms with Gasteiger partial charge in [0.2, 0.25) is 0 Å². The van der Waals surface area contributed by atoms with Crippen LogP contribution in [0.5, 0.6) is 5.75 Å². The van der Waals surface area contributed by atoms with E-state index in [1.54, 1.807) is 12.1 Å². The van der Waals surface area contributed by atoms with Gasteiger partial charge >= 0.3 is 0 Å². The highest BCUT2D eigenvalue weighted by atomic mass is 19.1. The lowest BCUT2D eigenvalue weighted by molar-refractivity contribution is -0.150. The first-order valence-corrected chi connectivity index (χ1v) is 8.99. The van der Waals surface area contributed by atoms with Gasteiger partial charge in [-0.2, -0.15) is 5.06 Å². The number of carbonyl (C=O) groups excluding carboxylic acids is 1. The lowest BCUT2D eigenvalue weighted by atomic mass is 9.92. The molecule has 1 heterocycles. The number of anilines is 1. The first-order valence-electron chi connectivity index (χ1n) is 8.99. The van der Waals surface area contributed by atoms with Crippen LogP contribution in [0.1, 0.15) is 30.4 Å². The summed E-state index contributed by atoms with van der Waals surface area (Å²) in [5.74, 6) is -0.102. The van der Waals surface area contributed by atoms with Gasteiger partial charge in [0.25, 0.3) is 5.91 Å². The van der Waals surface area contributed by atoms with Crippen molar-refractivity contribution in [3.05, 3.63) is 65.0 Å². The molecule has 2 aliphatic rings. The molecule has 1 fully saturated rings. The Labute approximate surface area is 152 Å². The minimum absolute atomic E-state index is 0.0631. The van der Waals surface area contributed by atoms with Crippen LogP contribution < -0.4 is 10.2 Å².